The topological polar surface area (TPSA) is 60.0 Å². The van der Waals surface area contributed by atoms with Crippen LogP contribution in [0.1, 0.15) is 28.8 Å². The third kappa shape index (κ3) is 2.20. The monoisotopic (exact) mass is 311 g/mol. The quantitative estimate of drug-likeness (QED) is 0.942. The lowest BCUT2D eigenvalue weighted by atomic mass is 10.3. The molecule has 0 atom stereocenters. The Morgan fingerprint density at radius 2 is 2.28 bits per heavy atom. The fourth-order valence-corrected chi connectivity index (χ4v) is 2.64. The fourth-order valence-electron chi connectivity index (χ4n) is 1.90. The number of halogens is 1. The smallest absolute Gasteiger partial charge is 0.352 e. The van der Waals surface area contributed by atoms with Gasteiger partial charge in [0.1, 0.15) is 5.69 Å². The zero-order valence-corrected chi connectivity index (χ0v) is 11.8. The first kappa shape index (κ1) is 12.9. The predicted molar refractivity (Wildman–Crippen MR) is 70.8 cm³/mol. The summed E-state index contributed by atoms with van der Waals surface area (Å²) in [5, 5.41) is 13.5. The van der Waals surface area contributed by atoms with Gasteiger partial charge in [-0.3, -0.25) is 4.68 Å². The van der Waals surface area contributed by atoms with Gasteiger partial charge in [0.15, 0.2) is 0 Å². The minimum Gasteiger partial charge on any atom is -0.477 e. The van der Waals surface area contributed by atoms with Gasteiger partial charge in [-0.15, -0.1) is 0 Å². The van der Waals surface area contributed by atoms with E-state index in [2.05, 4.69) is 21.0 Å². The van der Waals surface area contributed by atoms with Gasteiger partial charge in [0, 0.05) is 13.2 Å². The Labute approximate surface area is 113 Å². The number of carbonyl (C=O) groups is 1. The summed E-state index contributed by atoms with van der Waals surface area (Å²) in [6.07, 6.45) is 2.60. The number of aromatic nitrogens is 3. The predicted octanol–water partition coefficient (Wildman–Crippen LogP) is 2.29. The molecule has 0 aliphatic carbocycles. The van der Waals surface area contributed by atoms with Crippen LogP contribution in [0, 0.1) is 0 Å². The Hall–Kier alpha value is -1.56. The van der Waals surface area contributed by atoms with Crippen molar-refractivity contribution < 1.29 is 9.90 Å². The lowest BCUT2D eigenvalue weighted by Crippen LogP contribution is -2.11. The molecule has 5 nitrogen and oxygen atoms in total. The lowest BCUT2D eigenvalue weighted by Gasteiger charge is -2.07. The van der Waals surface area contributed by atoms with Crippen molar-refractivity contribution in [2.24, 2.45) is 7.05 Å². The molecule has 0 radical (unpaired) electrons. The Morgan fingerprint density at radius 3 is 2.83 bits per heavy atom. The van der Waals surface area contributed by atoms with Crippen molar-refractivity contribution in [1.82, 2.24) is 14.3 Å². The van der Waals surface area contributed by atoms with Crippen LogP contribution in [-0.4, -0.2) is 25.4 Å². The maximum Gasteiger partial charge on any atom is 0.352 e. The zero-order valence-electron chi connectivity index (χ0n) is 10.2. The third-order valence-electron chi connectivity index (χ3n) is 2.87. The van der Waals surface area contributed by atoms with E-state index in [9.17, 15) is 4.79 Å². The van der Waals surface area contributed by atoms with Gasteiger partial charge in [0.2, 0.25) is 0 Å². The van der Waals surface area contributed by atoms with E-state index in [-0.39, 0.29) is 5.69 Å². The normalized spacial score (nSPS) is 10.8. The van der Waals surface area contributed by atoms with Crippen LogP contribution in [-0.2, 0) is 20.0 Å². The number of aromatic carboxylic acids is 1. The van der Waals surface area contributed by atoms with Crippen LogP contribution in [0.3, 0.4) is 0 Å². The molecule has 0 bridgehead atoms. The van der Waals surface area contributed by atoms with Crippen molar-refractivity contribution in [1.29, 1.82) is 0 Å². The molecule has 0 saturated carbocycles. The molecular formula is C12H14BrN3O2. The molecule has 1 N–H and O–H groups in total. The molecular weight excluding hydrogens is 298 g/mol. The first-order valence-corrected chi connectivity index (χ1v) is 6.42. The van der Waals surface area contributed by atoms with Crippen molar-refractivity contribution in [2.45, 2.75) is 19.9 Å². The van der Waals surface area contributed by atoms with Crippen LogP contribution in [0.25, 0.3) is 0 Å². The number of hydrogen-bond acceptors (Lipinski definition) is 2. The third-order valence-corrected chi connectivity index (χ3v) is 3.79. The zero-order chi connectivity index (χ0) is 13.3. The van der Waals surface area contributed by atoms with Crippen LogP contribution < -0.4 is 0 Å². The van der Waals surface area contributed by atoms with Crippen molar-refractivity contribution in [3.05, 3.63) is 39.9 Å². The first-order chi connectivity index (χ1) is 8.54. The minimum atomic E-state index is -0.922. The van der Waals surface area contributed by atoms with E-state index in [1.54, 1.807) is 27.6 Å². The van der Waals surface area contributed by atoms with E-state index in [4.69, 9.17) is 5.11 Å². The van der Waals surface area contributed by atoms with Gasteiger partial charge >= 0.3 is 5.97 Å². The molecule has 0 aromatic carbocycles. The van der Waals surface area contributed by atoms with Crippen molar-refractivity contribution in [3.8, 4) is 0 Å². The second-order valence-electron chi connectivity index (χ2n) is 4.01. The number of rotatable bonds is 4. The largest absolute Gasteiger partial charge is 0.477 e. The maximum absolute atomic E-state index is 11.0. The Morgan fingerprint density at radius 1 is 1.56 bits per heavy atom. The Bertz CT molecular complexity index is 586. The SMILES string of the molecule is CCc1nn(C)c(Cn2cccc2C(=O)O)c1Br. The highest BCUT2D eigenvalue weighted by molar-refractivity contribution is 9.10. The number of carboxylic acid groups (broad SMARTS) is 1. The van der Waals surface area contributed by atoms with Gasteiger partial charge in [0.05, 0.1) is 22.4 Å². The van der Waals surface area contributed by atoms with Crippen LogP contribution in [0.15, 0.2) is 22.8 Å². The summed E-state index contributed by atoms with van der Waals surface area (Å²) in [5.41, 5.74) is 2.23. The number of nitrogens with zero attached hydrogens (tertiary/aromatic N) is 3. The van der Waals surface area contributed by atoms with Gasteiger partial charge in [-0.2, -0.15) is 5.10 Å². The van der Waals surface area contributed by atoms with E-state index in [0.717, 1.165) is 22.3 Å². The van der Waals surface area contributed by atoms with Gasteiger partial charge in [-0.05, 0) is 34.5 Å². The molecule has 0 amide bonds. The average Bonchev–Trinajstić information content (AvgIpc) is 2.88. The highest BCUT2D eigenvalue weighted by atomic mass is 79.9. The van der Waals surface area contributed by atoms with E-state index < -0.39 is 5.97 Å². The van der Waals surface area contributed by atoms with Crippen LogP contribution in [0.2, 0.25) is 0 Å². The van der Waals surface area contributed by atoms with Crippen molar-refractivity contribution in [2.75, 3.05) is 0 Å². The second kappa shape index (κ2) is 4.97. The molecule has 0 aliphatic rings. The van der Waals surface area contributed by atoms with Crippen LogP contribution in [0.5, 0.6) is 0 Å². The van der Waals surface area contributed by atoms with E-state index in [0.29, 0.717) is 6.54 Å². The van der Waals surface area contributed by atoms with Gasteiger partial charge in [-0.1, -0.05) is 6.92 Å². The molecule has 18 heavy (non-hydrogen) atoms. The molecule has 2 aromatic rings. The van der Waals surface area contributed by atoms with Crippen molar-refractivity contribution in [3.63, 3.8) is 0 Å². The number of aryl methyl sites for hydroxylation is 2. The first-order valence-electron chi connectivity index (χ1n) is 5.63. The number of hydrogen-bond donors (Lipinski definition) is 1. The average molecular weight is 312 g/mol. The molecule has 0 aliphatic heterocycles. The van der Waals surface area contributed by atoms with Gasteiger partial charge < -0.3 is 9.67 Å². The minimum absolute atomic E-state index is 0.279. The highest BCUT2D eigenvalue weighted by Gasteiger charge is 2.15. The van der Waals surface area contributed by atoms with Crippen LogP contribution in [0.4, 0.5) is 0 Å². The molecule has 96 valence electrons. The molecule has 0 spiro atoms. The molecule has 0 unspecified atom stereocenters. The Balaban J connectivity index is 2.37. The molecule has 2 heterocycles. The second-order valence-corrected chi connectivity index (χ2v) is 4.80. The lowest BCUT2D eigenvalue weighted by molar-refractivity contribution is 0.0685. The molecule has 2 rings (SSSR count). The summed E-state index contributed by atoms with van der Waals surface area (Å²) < 4.78 is 4.44. The van der Waals surface area contributed by atoms with Crippen molar-refractivity contribution >= 4 is 21.9 Å². The van der Waals surface area contributed by atoms with Gasteiger partial charge in [-0.25, -0.2) is 4.79 Å². The summed E-state index contributed by atoms with van der Waals surface area (Å²) in [7, 11) is 1.86. The summed E-state index contributed by atoms with van der Waals surface area (Å²) in [6, 6.07) is 3.32. The maximum atomic E-state index is 11.0. The fraction of sp³-hybridized carbons (Fsp3) is 0.333. The van der Waals surface area contributed by atoms with E-state index in [1.165, 1.54) is 0 Å². The van der Waals surface area contributed by atoms with E-state index >= 15 is 0 Å². The molecule has 2 aromatic heterocycles. The van der Waals surface area contributed by atoms with Gasteiger partial charge in [0.25, 0.3) is 0 Å². The highest BCUT2D eigenvalue weighted by Crippen LogP contribution is 2.23. The standard InChI is InChI=1S/C12H14BrN3O2/c1-3-8-11(13)10(15(2)14-8)7-16-6-4-5-9(16)12(17)18/h4-6H,3,7H2,1-2H3,(H,17,18). The molecule has 0 saturated heterocycles. The summed E-state index contributed by atoms with van der Waals surface area (Å²) in [6.45, 7) is 2.52. The number of carboxylic acids is 1. The summed E-state index contributed by atoms with van der Waals surface area (Å²) >= 11 is 3.53. The summed E-state index contributed by atoms with van der Waals surface area (Å²) in [5.74, 6) is -0.922. The van der Waals surface area contributed by atoms with E-state index in [1.807, 2.05) is 14.0 Å². The Kier molecular flexibility index (Phi) is 3.56. The molecule has 6 heteroatoms. The summed E-state index contributed by atoms with van der Waals surface area (Å²) in [4.78, 5) is 11.0. The van der Waals surface area contributed by atoms with Crippen LogP contribution >= 0.6 is 15.9 Å². The molecule has 0 fully saturated rings.